The van der Waals surface area contributed by atoms with Crippen molar-refractivity contribution in [3.63, 3.8) is 0 Å². The summed E-state index contributed by atoms with van der Waals surface area (Å²) in [5, 5.41) is 12.4. The van der Waals surface area contributed by atoms with Crippen LogP contribution < -0.4 is 10.2 Å². The molecule has 1 unspecified atom stereocenters. The van der Waals surface area contributed by atoms with Crippen molar-refractivity contribution < 1.29 is 14.3 Å². The van der Waals surface area contributed by atoms with Gasteiger partial charge in [-0.3, -0.25) is 9.69 Å². The minimum Gasteiger partial charge on any atom is -0.395 e. The fourth-order valence-corrected chi connectivity index (χ4v) is 3.57. The maximum atomic E-state index is 13.4. The number of anilines is 2. The molecule has 2 N–H and O–H groups in total. The summed E-state index contributed by atoms with van der Waals surface area (Å²) in [7, 11) is 0. The van der Waals surface area contributed by atoms with E-state index in [4.69, 9.17) is 0 Å². The number of nitrogens with one attached hydrogen (secondary N) is 1. The highest BCUT2D eigenvalue weighted by molar-refractivity contribution is 9.10. The van der Waals surface area contributed by atoms with Crippen molar-refractivity contribution in [2.75, 3.05) is 43.0 Å². The van der Waals surface area contributed by atoms with Gasteiger partial charge in [0.2, 0.25) is 11.9 Å². The van der Waals surface area contributed by atoms with E-state index in [1.165, 1.54) is 12.1 Å². The summed E-state index contributed by atoms with van der Waals surface area (Å²) in [4.78, 5) is 25.0. The minimum atomic E-state index is -0.433. The van der Waals surface area contributed by atoms with Gasteiger partial charge in [-0.05, 0) is 24.3 Å². The summed E-state index contributed by atoms with van der Waals surface area (Å²) in [5.74, 6) is -0.00914. The van der Waals surface area contributed by atoms with Crippen molar-refractivity contribution >= 4 is 33.5 Å². The van der Waals surface area contributed by atoms with Crippen molar-refractivity contribution in [1.29, 1.82) is 0 Å². The maximum Gasteiger partial charge on any atom is 0.226 e. The van der Waals surface area contributed by atoms with Gasteiger partial charge in [0.1, 0.15) is 5.82 Å². The van der Waals surface area contributed by atoms with Gasteiger partial charge in [0.25, 0.3) is 0 Å². The molecule has 27 heavy (non-hydrogen) atoms. The van der Waals surface area contributed by atoms with Gasteiger partial charge < -0.3 is 15.3 Å². The van der Waals surface area contributed by atoms with Crippen molar-refractivity contribution in [2.24, 2.45) is 0 Å². The third kappa shape index (κ3) is 5.44. The predicted octanol–water partition coefficient (Wildman–Crippen LogP) is 1.89. The molecule has 2 heterocycles. The molecule has 1 aliphatic heterocycles. The van der Waals surface area contributed by atoms with Crippen LogP contribution in [0.25, 0.3) is 0 Å². The van der Waals surface area contributed by atoms with E-state index in [1.807, 2.05) is 0 Å². The number of benzene rings is 1. The molecule has 1 aromatic heterocycles. The maximum absolute atomic E-state index is 13.4. The Morgan fingerprint density at radius 1 is 1.22 bits per heavy atom. The fraction of sp³-hybridized carbons (Fsp3) is 0.389. The quantitative estimate of drug-likeness (QED) is 0.717. The van der Waals surface area contributed by atoms with Crippen LogP contribution in [-0.2, 0) is 4.79 Å². The highest BCUT2D eigenvalue weighted by atomic mass is 79.9. The summed E-state index contributed by atoms with van der Waals surface area (Å²) in [6.07, 6.45) is 3.55. The number of aliphatic hydroxyl groups is 1. The Morgan fingerprint density at radius 3 is 2.56 bits per heavy atom. The van der Waals surface area contributed by atoms with Gasteiger partial charge in [-0.2, -0.15) is 0 Å². The second kappa shape index (κ2) is 9.20. The topological polar surface area (TPSA) is 81.6 Å². The van der Waals surface area contributed by atoms with Crippen LogP contribution in [0.1, 0.15) is 6.42 Å². The smallest absolute Gasteiger partial charge is 0.226 e. The molecule has 0 spiro atoms. The molecule has 9 heteroatoms. The van der Waals surface area contributed by atoms with Crippen molar-refractivity contribution in [3.05, 3.63) is 46.9 Å². The van der Waals surface area contributed by atoms with E-state index in [9.17, 15) is 14.3 Å². The molecule has 0 saturated carbocycles. The van der Waals surface area contributed by atoms with Crippen LogP contribution in [0.5, 0.6) is 0 Å². The van der Waals surface area contributed by atoms with Gasteiger partial charge in [-0.1, -0.05) is 15.9 Å². The van der Waals surface area contributed by atoms with Crippen LogP contribution in [0.15, 0.2) is 41.1 Å². The molecule has 3 rings (SSSR count). The van der Waals surface area contributed by atoms with Crippen molar-refractivity contribution in [3.8, 4) is 0 Å². The fourth-order valence-electron chi connectivity index (χ4n) is 3.10. The molecule has 1 aromatic carbocycles. The standard InChI is InChI=1S/C18H21BrFN5O2/c19-13-8-14(20)10-15(9-13)23-17(27)11-16(12-26)24-4-6-25(7-5-24)18-21-2-1-3-22-18/h1-3,8-10,16,26H,4-7,11-12H2,(H,23,27). The second-order valence-corrected chi connectivity index (χ2v) is 7.23. The van der Waals surface area contributed by atoms with Crippen molar-refractivity contribution in [2.45, 2.75) is 12.5 Å². The van der Waals surface area contributed by atoms with E-state index in [1.54, 1.807) is 24.5 Å². The summed E-state index contributed by atoms with van der Waals surface area (Å²) in [5.41, 5.74) is 0.384. The number of piperazine rings is 1. The van der Waals surface area contributed by atoms with Gasteiger partial charge >= 0.3 is 0 Å². The Hall–Kier alpha value is -2.10. The Kier molecular flexibility index (Phi) is 6.70. The van der Waals surface area contributed by atoms with Gasteiger partial charge in [-0.25, -0.2) is 14.4 Å². The molecule has 0 bridgehead atoms. The Labute approximate surface area is 165 Å². The summed E-state index contributed by atoms with van der Waals surface area (Å²) < 4.78 is 14.0. The van der Waals surface area contributed by atoms with Crippen LogP contribution in [0.3, 0.4) is 0 Å². The highest BCUT2D eigenvalue weighted by Crippen LogP contribution is 2.19. The van der Waals surface area contributed by atoms with E-state index < -0.39 is 5.82 Å². The van der Waals surface area contributed by atoms with E-state index in [0.29, 0.717) is 29.2 Å². The molecule has 7 nitrogen and oxygen atoms in total. The van der Waals surface area contributed by atoms with Crippen LogP contribution in [0.4, 0.5) is 16.0 Å². The zero-order valence-corrected chi connectivity index (χ0v) is 16.3. The SMILES string of the molecule is O=C(CC(CO)N1CCN(c2ncccn2)CC1)Nc1cc(F)cc(Br)c1. The number of hydrogen-bond donors (Lipinski definition) is 2. The lowest BCUT2D eigenvalue weighted by Gasteiger charge is -2.38. The normalized spacial score (nSPS) is 16.2. The molecule has 2 aromatic rings. The van der Waals surface area contributed by atoms with Crippen LogP contribution in [0, 0.1) is 5.82 Å². The third-order valence-corrected chi connectivity index (χ3v) is 4.90. The summed E-state index contributed by atoms with van der Waals surface area (Å²) >= 11 is 3.20. The van der Waals surface area contributed by atoms with Gasteiger partial charge in [-0.15, -0.1) is 0 Å². The first kappa shape index (κ1) is 19.7. The molecule has 0 aliphatic carbocycles. The molecule has 1 atom stereocenters. The Bertz CT molecular complexity index is 751. The lowest BCUT2D eigenvalue weighted by atomic mass is 10.1. The number of nitrogens with zero attached hydrogens (tertiary/aromatic N) is 4. The van der Waals surface area contributed by atoms with Gasteiger partial charge in [0, 0.05) is 61.2 Å². The molecule has 1 saturated heterocycles. The number of amides is 1. The summed E-state index contributed by atoms with van der Waals surface area (Å²) in [6.45, 7) is 2.71. The number of carbonyl (C=O) groups excluding carboxylic acids is 1. The molecule has 0 radical (unpaired) electrons. The minimum absolute atomic E-state index is 0.123. The number of hydrogen-bond acceptors (Lipinski definition) is 6. The van der Waals surface area contributed by atoms with Crippen LogP contribution >= 0.6 is 15.9 Å². The average molecular weight is 438 g/mol. The van der Waals surface area contributed by atoms with E-state index in [-0.39, 0.29) is 25.0 Å². The van der Waals surface area contributed by atoms with E-state index in [2.05, 4.69) is 41.0 Å². The van der Waals surface area contributed by atoms with Crippen molar-refractivity contribution in [1.82, 2.24) is 14.9 Å². The number of halogens is 2. The predicted molar refractivity (Wildman–Crippen MR) is 104 cm³/mol. The van der Waals surface area contributed by atoms with E-state index >= 15 is 0 Å². The molecule has 1 aliphatic rings. The lowest BCUT2D eigenvalue weighted by Crippen LogP contribution is -2.52. The largest absolute Gasteiger partial charge is 0.395 e. The molecular formula is C18H21BrFN5O2. The first-order chi connectivity index (χ1) is 13.0. The highest BCUT2D eigenvalue weighted by Gasteiger charge is 2.26. The number of aromatic nitrogens is 2. The van der Waals surface area contributed by atoms with E-state index in [0.717, 1.165) is 13.1 Å². The first-order valence-electron chi connectivity index (χ1n) is 8.68. The molecule has 1 fully saturated rings. The molecular weight excluding hydrogens is 417 g/mol. The van der Waals surface area contributed by atoms with Crippen LogP contribution in [-0.4, -0.2) is 64.7 Å². The number of aliphatic hydroxyl groups excluding tert-OH is 1. The van der Waals surface area contributed by atoms with Crippen LogP contribution in [0.2, 0.25) is 0 Å². The second-order valence-electron chi connectivity index (χ2n) is 6.32. The van der Waals surface area contributed by atoms with Gasteiger partial charge in [0.15, 0.2) is 0 Å². The summed E-state index contributed by atoms with van der Waals surface area (Å²) in [6, 6.07) is 5.70. The zero-order chi connectivity index (χ0) is 19.2. The Balaban J connectivity index is 1.53. The average Bonchev–Trinajstić information content (AvgIpc) is 2.66. The zero-order valence-electron chi connectivity index (χ0n) is 14.7. The number of carbonyl (C=O) groups is 1. The monoisotopic (exact) mass is 437 g/mol. The lowest BCUT2D eigenvalue weighted by molar-refractivity contribution is -0.117. The van der Waals surface area contributed by atoms with Gasteiger partial charge in [0.05, 0.1) is 6.61 Å². The molecule has 144 valence electrons. The third-order valence-electron chi connectivity index (χ3n) is 4.44. The first-order valence-corrected chi connectivity index (χ1v) is 9.47. The molecule has 1 amide bonds. The number of rotatable bonds is 6. The Morgan fingerprint density at radius 2 is 1.93 bits per heavy atom.